The van der Waals surface area contributed by atoms with Gasteiger partial charge in [0.25, 0.3) is 0 Å². The Morgan fingerprint density at radius 1 is 1.05 bits per heavy atom. The minimum Gasteiger partial charge on any atom is -0.356 e. The Morgan fingerprint density at radius 2 is 1.76 bits per heavy atom. The highest BCUT2D eigenvalue weighted by atomic mass is 16.5. The summed E-state index contributed by atoms with van der Waals surface area (Å²) < 4.78 is 6.58. The third-order valence-electron chi connectivity index (χ3n) is 8.21. The lowest BCUT2D eigenvalue weighted by atomic mass is 9.70. The van der Waals surface area contributed by atoms with Gasteiger partial charge in [0, 0.05) is 22.8 Å². The topological polar surface area (TPSA) is 105 Å². The fraction of sp³-hybridized carbons (Fsp3) is 0.586. The van der Waals surface area contributed by atoms with Crippen LogP contribution in [0.3, 0.4) is 0 Å². The van der Waals surface area contributed by atoms with Gasteiger partial charge >= 0.3 is 0 Å². The molecule has 3 heterocycles. The zero-order valence-corrected chi connectivity index (χ0v) is 22.3. The molecule has 1 spiro atoms. The Bertz CT molecular complexity index is 1180. The number of amides is 3. The molecule has 3 aliphatic heterocycles. The van der Waals surface area contributed by atoms with E-state index in [2.05, 4.69) is 10.6 Å². The number of anilines is 1. The van der Waals surface area contributed by atoms with Crippen LogP contribution in [0.2, 0.25) is 0 Å². The standard InChI is InChI=1S/C29H37N3O5/c1-17(33)18-10-9-13-20(16-18)32-23(25(35)31-27(2,3)4)29-15-14-28(5,37-29)21(22(29)26(32)36)24(34)30-19-11-7-6-8-12-19/h9-10,13-16,19,21-23H,6-8,11-12H2,1-5H3,(H,30,34)(H,31,35)/t21-,22+,23+,28+,29+/m0/s1. The van der Waals surface area contributed by atoms with E-state index >= 15 is 0 Å². The number of benzene rings is 1. The van der Waals surface area contributed by atoms with Gasteiger partial charge in [-0.3, -0.25) is 24.1 Å². The van der Waals surface area contributed by atoms with Gasteiger partial charge in [-0.05, 0) is 59.6 Å². The van der Waals surface area contributed by atoms with Crippen molar-refractivity contribution in [3.8, 4) is 0 Å². The van der Waals surface area contributed by atoms with Gasteiger partial charge in [-0.1, -0.05) is 43.5 Å². The predicted molar refractivity (Wildman–Crippen MR) is 139 cm³/mol. The number of hydrogen-bond acceptors (Lipinski definition) is 5. The molecule has 2 N–H and O–H groups in total. The maximum absolute atomic E-state index is 14.3. The van der Waals surface area contributed by atoms with Crippen LogP contribution in [0.15, 0.2) is 36.4 Å². The third kappa shape index (κ3) is 4.19. The first-order chi connectivity index (χ1) is 17.4. The van der Waals surface area contributed by atoms with Gasteiger partial charge in [-0.15, -0.1) is 0 Å². The SMILES string of the molecule is CC(=O)c1cccc(N2C(=O)[C@H]3[C@@H](C(=O)NC4CCCCC4)[C@@]4(C)C=C[C@]3(O4)[C@H]2C(=O)NC(C)(C)C)c1. The highest BCUT2D eigenvalue weighted by Crippen LogP contribution is 2.60. The lowest BCUT2D eigenvalue weighted by molar-refractivity contribution is -0.135. The maximum Gasteiger partial charge on any atom is 0.246 e. The molecule has 0 radical (unpaired) electrons. The number of ketones is 1. The van der Waals surface area contributed by atoms with Gasteiger partial charge in [-0.25, -0.2) is 0 Å². The Morgan fingerprint density at radius 3 is 2.41 bits per heavy atom. The normalized spacial score (nSPS) is 32.9. The molecule has 3 fully saturated rings. The van der Waals surface area contributed by atoms with E-state index in [9.17, 15) is 19.2 Å². The van der Waals surface area contributed by atoms with Gasteiger partial charge in [0.1, 0.15) is 11.6 Å². The molecule has 8 nitrogen and oxygen atoms in total. The number of rotatable bonds is 5. The minimum absolute atomic E-state index is 0.0868. The second-order valence-corrected chi connectivity index (χ2v) is 12.2. The first-order valence-electron chi connectivity index (χ1n) is 13.3. The van der Waals surface area contributed by atoms with Crippen molar-refractivity contribution in [2.45, 2.75) is 95.5 Å². The van der Waals surface area contributed by atoms with Crippen molar-refractivity contribution in [2.24, 2.45) is 11.8 Å². The summed E-state index contributed by atoms with van der Waals surface area (Å²) >= 11 is 0. The summed E-state index contributed by atoms with van der Waals surface area (Å²) in [5.41, 5.74) is -1.96. The molecule has 5 rings (SSSR count). The monoisotopic (exact) mass is 507 g/mol. The molecule has 3 amide bonds. The number of fused-ring (bicyclic) bond motifs is 1. The predicted octanol–water partition coefficient (Wildman–Crippen LogP) is 3.30. The van der Waals surface area contributed by atoms with E-state index in [1.165, 1.54) is 18.2 Å². The molecule has 2 saturated heterocycles. The number of carbonyl (C=O) groups excluding carboxylic acids is 4. The largest absolute Gasteiger partial charge is 0.356 e. The van der Waals surface area contributed by atoms with Crippen molar-refractivity contribution in [2.75, 3.05) is 4.90 Å². The van der Waals surface area contributed by atoms with Crippen LogP contribution in [0.25, 0.3) is 0 Å². The molecule has 1 aliphatic carbocycles. The zero-order chi connectivity index (χ0) is 26.8. The van der Waals surface area contributed by atoms with E-state index in [1.54, 1.807) is 24.3 Å². The van der Waals surface area contributed by atoms with Gasteiger partial charge in [-0.2, -0.15) is 0 Å². The lowest BCUT2D eigenvalue weighted by Gasteiger charge is -2.35. The molecule has 5 atom stereocenters. The molecule has 37 heavy (non-hydrogen) atoms. The van der Waals surface area contributed by atoms with Crippen LogP contribution in [0.4, 0.5) is 5.69 Å². The quantitative estimate of drug-likeness (QED) is 0.470. The van der Waals surface area contributed by atoms with E-state index in [4.69, 9.17) is 4.74 Å². The molecule has 0 aromatic heterocycles. The van der Waals surface area contributed by atoms with Gasteiger partial charge in [0.05, 0.1) is 17.4 Å². The van der Waals surface area contributed by atoms with Crippen molar-refractivity contribution >= 4 is 29.2 Å². The zero-order valence-electron chi connectivity index (χ0n) is 22.3. The Hall–Kier alpha value is -3.00. The summed E-state index contributed by atoms with van der Waals surface area (Å²) in [6, 6.07) is 5.78. The van der Waals surface area contributed by atoms with E-state index in [0.29, 0.717) is 11.3 Å². The van der Waals surface area contributed by atoms with E-state index < -0.39 is 34.6 Å². The molecule has 4 aliphatic rings. The van der Waals surface area contributed by atoms with Gasteiger partial charge in [0.2, 0.25) is 17.7 Å². The summed E-state index contributed by atoms with van der Waals surface area (Å²) in [5, 5.41) is 6.21. The fourth-order valence-corrected chi connectivity index (χ4v) is 6.66. The molecule has 8 heteroatoms. The van der Waals surface area contributed by atoms with Crippen LogP contribution in [-0.4, -0.2) is 52.3 Å². The smallest absolute Gasteiger partial charge is 0.246 e. The fourth-order valence-electron chi connectivity index (χ4n) is 6.66. The van der Waals surface area contributed by atoms with Crippen LogP contribution in [0.1, 0.15) is 77.1 Å². The Balaban J connectivity index is 1.58. The number of carbonyl (C=O) groups is 4. The molecule has 1 saturated carbocycles. The molecule has 2 bridgehead atoms. The highest BCUT2D eigenvalue weighted by Gasteiger charge is 2.76. The Kier molecular flexibility index (Phi) is 6.09. The third-order valence-corrected chi connectivity index (χ3v) is 8.21. The van der Waals surface area contributed by atoms with Gasteiger partial charge in [0.15, 0.2) is 5.78 Å². The minimum atomic E-state index is -1.29. The van der Waals surface area contributed by atoms with E-state index in [1.807, 2.05) is 39.8 Å². The first-order valence-corrected chi connectivity index (χ1v) is 13.3. The van der Waals surface area contributed by atoms with Gasteiger partial charge < -0.3 is 15.4 Å². The summed E-state index contributed by atoms with van der Waals surface area (Å²) in [4.78, 5) is 55.4. The number of ether oxygens (including phenoxy) is 1. The second-order valence-electron chi connectivity index (χ2n) is 12.2. The second kappa shape index (κ2) is 8.79. The summed E-state index contributed by atoms with van der Waals surface area (Å²) in [6.45, 7) is 8.92. The lowest BCUT2D eigenvalue weighted by Crippen LogP contribution is -2.58. The number of hydrogen-bond donors (Lipinski definition) is 2. The van der Waals surface area contributed by atoms with E-state index in [0.717, 1.165) is 25.7 Å². The molecular weight excluding hydrogens is 470 g/mol. The molecule has 1 aromatic rings. The van der Waals surface area contributed by atoms with Crippen molar-refractivity contribution in [3.63, 3.8) is 0 Å². The summed E-state index contributed by atoms with van der Waals surface area (Å²) in [5.74, 6) is -2.67. The maximum atomic E-state index is 14.3. The van der Waals surface area contributed by atoms with Crippen LogP contribution >= 0.6 is 0 Å². The van der Waals surface area contributed by atoms with Crippen molar-refractivity contribution in [1.82, 2.24) is 10.6 Å². The van der Waals surface area contributed by atoms with Crippen molar-refractivity contribution in [1.29, 1.82) is 0 Å². The van der Waals surface area contributed by atoms with Crippen LogP contribution in [-0.2, 0) is 19.1 Å². The highest BCUT2D eigenvalue weighted by molar-refractivity contribution is 6.11. The average molecular weight is 508 g/mol. The summed E-state index contributed by atoms with van der Waals surface area (Å²) in [7, 11) is 0. The molecular formula is C29H37N3O5. The number of nitrogens with zero attached hydrogens (tertiary/aromatic N) is 1. The van der Waals surface area contributed by atoms with Crippen molar-refractivity contribution in [3.05, 3.63) is 42.0 Å². The molecule has 1 aromatic carbocycles. The van der Waals surface area contributed by atoms with Crippen LogP contribution < -0.4 is 15.5 Å². The first kappa shape index (κ1) is 25.6. The molecule has 198 valence electrons. The van der Waals surface area contributed by atoms with Crippen LogP contribution in [0, 0.1) is 11.8 Å². The van der Waals surface area contributed by atoms with E-state index in [-0.39, 0.29) is 29.5 Å². The number of Topliss-reactive ketones (excluding diaryl/α,β-unsaturated/α-hetero) is 1. The van der Waals surface area contributed by atoms with Crippen molar-refractivity contribution < 1.29 is 23.9 Å². The Labute approximate surface area is 218 Å². The summed E-state index contributed by atoms with van der Waals surface area (Å²) in [6.07, 6.45) is 8.82. The number of nitrogens with one attached hydrogen (secondary N) is 2. The van der Waals surface area contributed by atoms with Crippen LogP contribution in [0.5, 0.6) is 0 Å². The average Bonchev–Trinajstić information content (AvgIpc) is 3.39. The molecule has 0 unspecified atom stereocenters.